The average Bonchev–Trinajstić information content (AvgIpc) is 2.40. The van der Waals surface area contributed by atoms with E-state index in [0.29, 0.717) is 18.8 Å². The van der Waals surface area contributed by atoms with Crippen molar-refractivity contribution in [1.82, 2.24) is 0 Å². The van der Waals surface area contributed by atoms with Gasteiger partial charge >= 0.3 is 0 Å². The van der Waals surface area contributed by atoms with Crippen LogP contribution < -0.4 is 4.74 Å². The molecule has 19 heavy (non-hydrogen) atoms. The number of carbonyl (C=O) groups is 1. The molecule has 2 rings (SSSR count). The highest BCUT2D eigenvalue weighted by atomic mass is 32.2. The lowest BCUT2D eigenvalue weighted by Crippen LogP contribution is -2.15. The fourth-order valence-corrected chi connectivity index (χ4v) is 3.60. The molecule has 1 heterocycles. The van der Waals surface area contributed by atoms with Crippen LogP contribution in [-0.4, -0.2) is 24.4 Å². The number of hydrogen-bond donors (Lipinski definition) is 0. The van der Waals surface area contributed by atoms with Gasteiger partial charge in [0.1, 0.15) is 5.78 Å². The topological polar surface area (TPSA) is 26.3 Å². The molecule has 1 saturated heterocycles. The van der Waals surface area contributed by atoms with E-state index in [1.807, 2.05) is 11.8 Å². The van der Waals surface area contributed by atoms with Gasteiger partial charge < -0.3 is 4.74 Å². The minimum Gasteiger partial charge on any atom is -0.494 e. The third kappa shape index (κ3) is 4.23. The SMILES string of the molecule is COc1ccc(CC(=O)CC2CCSCC2)cc1F. The van der Waals surface area contributed by atoms with E-state index >= 15 is 0 Å². The van der Waals surface area contributed by atoms with E-state index in [1.165, 1.54) is 13.2 Å². The van der Waals surface area contributed by atoms with Crippen LogP contribution in [0.4, 0.5) is 4.39 Å². The second-order valence-electron chi connectivity index (χ2n) is 4.94. The van der Waals surface area contributed by atoms with Crippen molar-refractivity contribution in [1.29, 1.82) is 0 Å². The van der Waals surface area contributed by atoms with Gasteiger partial charge in [-0.3, -0.25) is 4.79 Å². The van der Waals surface area contributed by atoms with E-state index in [0.717, 1.165) is 29.9 Å². The number of methoxy groups -OCH3 is 1. The summed E-state index contributed by atoms with van der Waals surface area (Å²) in [6, 6.07) is 4.74. The number of benzene rings is 1. The molecule has 1 fully saturated rings. The predicted octanol–water partition coefficient (Wildman–Crippen LogP) is 3.48. The summed E-state index contributed by atoms with van der Waals surface area (Å²) >= 11 is 1.96. The van der Waals surface area contributed by atoms with E-state index in [4.69, 9.17) is 4.74 Å². The molecule has 1 aromatic rings. The molecule has 0 N–H and O–H groups in total. The molecular weight excluding hydrogens is 263 g/mol. The molecule has 1 aliphatic rings. The first kappa shape index (κ1) is 14.4. The number of halogens is 1. The lowest BCUT2D eigenvalue weighted by atomic mass is 9.94. The Morgan fingerprint density at radius 2 is 2.16 bits per heavy atom. The largest absolute Gasteiger partial charge is 0.494 e. The zero-order valence-electron chi connectivity index (χ0n) is 11.2. The molecule has 0 spiro atoms. The molecule has 0 aliphatic carbocycles. The average molecular weight is 282 g/mol. The Kier molecular flexibility index (Phi) is 5.25. The molecular formula is C15H19FO2S. The number of rotatable bonds is 5. The van der Waals surface area contributed by atoms with E-state index in [2.05, 4.69) is 0 Å². The first-order valence-electron chi connectivity index (χ1n) is 6.61. The van der Waals surface area contributed by atoms with Crippen LogP contribution in [0.15, 0.2) is 18.2 Å². The summed E-state index contributed by atoms with van der Waals surface area (Å²) in [6.45, 7) is 0. The molecule has 1 aliphatic heterocycles. The van der Waals surface area contributed by atoms with Crippen molar-refractivity contribution in [2.45, 2.75) is 25.7 Å². The molecule has 0 radical (unpaired) electrons. The van der Waals surface area contributed by atoms with Crippen molar-refractivity contribution >= 4 is 17.5 Å². The Morgan fingerprint density at radius 1 is 1.42 bits per heavy atom. The first-order chi connectivity index (χ1) is 9.19. The van der Waals surface area contributed by atoms with Crippen LogP contribution in [-0.2, 0) is 11.2 Å². The number of hydrogen-bond acceptors (Lipinski definition) is 3. The van der Waals surface area contributed by atoms with Crippen LogP contribution in [0.1, 0.15) is 24.8 Å². The zero-order valence-corrected chi connectivity index (χ0v) is 12.0. The Labute approximate surface area is 117 Å². The molecule has 0 atom stereocenters. The summed E-state index contributed by atoms with van der Waals surface area (Å²) in [5.41, 5.74) is 0.730. The lowest BCUT2D eigenvalue weighted by Gasteiger charge is -2.20. The molecule has 104 valence electrons. The summed E-state index contributed by atoms with van der Waals surface area (Å²) < 4.78 is 18.4. The van der Waals surface area contributed by atoms with Crippen molar-refractivity contribution in [2.24, 2.45) is 5.92 Å². The summed E-state index contributed by atoms with van der Waals surface area (Å²) in [5, 5.41) is 0. The lowest BCUT2D eigenvalue weighted by molar-refractivity contribution is -0.119. The number of ketones is 1. The molecule has 0 saturated carbocycles. The van der Waals surface area contributed by atoms with Crippen LogP contribution in [0.5, 0.6) is 5.75 Å². The van der Waals surface area contributed by atoms with Gasteiger partial charge in [0.05, 0.1) is 7.11 Å². The summed E-state index contributed by atoms with van der Waals surface area (Å²) in [4.78, 5) is 12.0. The molecule has 0 amide bonds. The van der Waals surface area contributed by atoms with Crippen LogP contribution >= 0.6 is 11.8 Å². The summed E-state index contributed by atoms with van der Waals surface area (Å²) in [7, 11) is 1.43. The second-order valence-corrected chi connectivity index (χ2v) is 6.17. The Hall–Kier alpha value is -1.03. The zero-order chi connectivity index (χ0) is 13.7. The van der Waals surface area contributed by atoms with Gasteiger partial charge in [0.2, 0.25) is 0 Å². The van der Waals surface area contributed by atoms with Crippen LogP contribution in [0.2, 0.25) is 0 Å². The van der Waals surface area contributed by atoms with Crippen molar-refractivity contribution in [3.8, 4) is 5.75 Å². The van der Waals surface area contributed by atoms with Gasteiger partial charge in [-0.05, 0) is 48.0 Å². The van der Waals surface area contributed by atoms with E-state index in [1.54, 1.807) is 12.1 Å². The molecule has 2 nitrogen and oxygen atoms in total. The van der Waals surface area contributed by atoms with E-state index in [9.17, 15) is 9.18 Å². The van der Waals surface area contributed by atoms with Gasteiger partial charge in [0.25, 0.3) is 0 Å². The molecule has 0 unspecified atom stereocenters. The monoisotopic (exact) mass is 282 g/mol. The fraction of sp³-hybridized carbons (Fsp3) is 0.533. The Bertz CT molecular complexity index is 442. The number of ether oxygens (including phenoxy) is 1. The van der Waals surface area contributed by atoms with Crippen molar-refractivity contribution in [2.75, 3.05) is 18.6 Å². The van der Waals surface area contributed by atoms with Crippen molar-refractivity contribution in [3.05, 3.63) is 29.6 Å². The number of Topliss-reactive ketones (excluding diaryl/α,β-unsaturated/α-hetero) is 1. The normalized spacial score (nSPS) is 16.3. The van der Waals surface area contributed by atoms with Gasteiger partial charge in [0.15, 0.2) is 11.6 Å². The van der Waals surface area contributed by atoms with E-state index < -0.39 is 5.82 Å². The summed E-state index contributed by atoms with van der Waals surface area (Å²) in [6.07, 6.45) is 3.22. The summed E-state index contributed by atoms with van der Waals surface area (Å²) in [5.74, 6) is 2.88. The minimum atomic E-state index is -0.401. The van der Waals surface area contributed by atoms with Gasteiger partial charge in [-0.2, -0.15) is 11.8 Å². The van der Waals surface area contributed by atoms with Gasteiger partial charge in [-0.1, -0.05) is 6.07 Å². The van der Waals surface area contributed by atoms with Gasteiger partial charge in [-0.15, -0.1) is 0 Å². The smallest absolute Gasteiger partial charge is 0.165 e. The molecule has 4 heteroatoms. The minimum absolute atomic E-state index is 0.210. The predicted molar refractivity (Wildman–Crippen MR) is 76.3 cm³/mol. The second kappa shape index (κ2) is 6.94. The van der Waals surface area contributed by atoms with Crippen LogP contribution in [0.3, 0.4) is 0 Å². The molecule has 1 aromatic carbocycles. The number of thioether (sulfide) groups is 1. The highest BCUT2D eigenvalue weighted by molar-refractivity contribution is 7.99. The quantitative estimate of drug-likeness (QED) is 0.827. The van der Waals surface area contributed by atoms with Crippen molar-refractivity contribution < 1.29 is 13.9 Å². The van der Waals surface area contributed by atoms with Gasteiger partial charge in [0, 0.05) is 12.8 Å². The fourth-order valence-electron chi connectivity index (χ4n) is 2.39. The highest BCUT2D eigenvalue weighted by Crippen LogP contribution is 2.26. The third-order valence-electron chi connectivity index (χ3n) is 3.47. The van der Waals surface area contributed by atoms with E-state index in [-0.39, 0.29) is 11.5 Å². The third-order valence-corrected chi connectivity index (χ3v) is 4.52. The standard InChI is InChI=1S/C15H19FO2S/c1-18-15-3-2-12(10-14(15)16)9-13(17)8-11-4-6-19-7-5-11/h2-3,10-11H,4-9H2,1H3. The van der Waals surface area contributed by atoms with Crippen molar-refractivity contribution in [3.63, 3.8) is 0 Å². The first-order valence-corrected chi connectivity index (χ1v) is 7.76. The maximum absolute atomic E-state index is 13.5. The molecule has 0 bridgehead atoms. The Balaban J connectivity index is 1.89. The highest BCUT2D eigenvalue weighted by Gasteiger charge is 2.17. The maximum atomic E-state index is 13.5. The maximum Gasteiger partial charge on any atom is 0.165 e. The van der Waals surface area contributed by atoms with Crippen LogP contribution in [0.25, 0.3) is 0 Å². The Morgan fingerprint density at radius 3 is 2.79 bits per heavy atom. The molecule has 0 aromatic heterocycles. The van der Waals surface area contributed by atoms with Gasteiger partial charge in [-0.25, -0.2) is 4.39 Å². The van der Waals surface area contributed by atoms with Crippen LogP contribution in [0, 0.1) is 11.7 Å². The number of carbonyl (C=O) groups excluding carboxylic acids is 1.